The zero-order valence-electron chi connectivity index (χ0n) is 16.3. The number of aromatic nitrogens is 1. The maximum Gasteiger partial charge on any atom is 0.218 e. The molecule has 0 aliphatic carbocycles. The van der Waals surface area contributed by atoms with Gasteiger partial charge >= 0.3 is 0 Å². The number of rotatable bonds is 5. The highest BCUT2D eigenvalue weighted by molar-refractivity contribution is 5.80. The molecule has 144 valence electrons. The Morgan fingerprint density at radius 2 is 1.89 bits per heavy atom. The minimum atomic E-state index is 0.596. The molecule has 0 amide bonds. The van der Waals surface area contributed by atoms with Gasteiger partial charge in [0.25, 0.3) is 0 Å². The van der Waals surface area contributed by atoms with Crippen molar-refractivity contribution in [1.29, 1.82) is 0 Å². The number of hydrogen-bond donors (Lipinski definition) is 1. The van der Waals surface area contributed by atoms with Gasteiger partial charge in [0, 0.05) is 38.4 Å². The maximum absolute atomic E-state index is 5.44. The number of aliphatic imine (C=N–C) groups is 1. The van der Waals surface area contributed by atoms with Crippen molar-refractivity contribution in [2.24, 2.45) is 4.99 Å². The molecule has 0 fully saturated rings. The van der Waals surface area contributed by atoms with Crippen LogP contribution in [0.25, 0.3) is 0 Å². The summed E-state index contributed by atoms with van der Waals surface area (Å²) in [7, 11) is 6.75. The van der Waals surface area contributed by atoms with Crippen molar-refractivity contribution in [3.05, 3.63) is 47.2 Å². The van der Waals surface area contributed by atoms with E-state index in [9.17, 15) is 0 Å². The molecule has 0 saturated heterocycles. The predicted octanol–water partition coefficient (Wildman–Crippen LogP) is 2.24. The molecule has 7 nitrogen and oxygen atoms in total. The molecule has 3 rings (SSSR count). The molecule has 2 heterocycles. The molecular weight excluding hydrogens is 344 g/mol. The van der Waals surface area contributed by atoms with Crippen molar-refractivity contribution in [3.63, 3.8) is 0 Å². The van der Waals surface area contributed by atoms with Crippen LogP contribution in [0, 0.1) is 0 Å². The number of ether oxygens (including phenoxy) is 3. The molecule has 7 heteroatoms. The van der Waals surface area contributed by atoms with Crippen molar-refractivity contribution >= 4 is 5.96 Å². The fourth-order valence-corrected chi connectivity index (χ4v) is 3.31. The molecule has 0 bridgehead atoms. The van der Waals surface area contributed by atoms with Gasteiger partial charge in [-0.15, -0.1) is 0 Å². The average molecular weight is 370 g/mol. The highest BCUT2D eigenvalue weighted by Crippen LogP contribution is 2.33. The lowest BCUT2D eigenvalue weighted by Gasteiger charge is -2.32. The summed E-state index contributed by atoms with van der Waals surface area (Å²) < 4.78 is 16.2. The molecule has 1 N–H and O–H groups in total. The molecule has 1 aromatic carbocycles. The number of pyridine rings is 1. The number of methoxy groups -OCH3 is 3. The molecular formula is C20H26N4O3. The first kappa shape index (κ1) is 18.8. The van der Waals surface area contributed by atoms with E-state index in [1.54, 1.807) is 34.6 Å². The van der Waals surface area contributed by atoms with Gasteiger partial charge in [0.05, 0.1) is 21.3 Å². The minimum absolute atomic E-state index is 0.596. The zero-order chi connectivity index (χ0) is 19.2. The van der Waals surface area contributed by atoms with E-state index in [1.807, 2.05) is 12.1 Å². The predicted molar refractivity (Wildman–Crippen MR) is 105 cm³/mol. The first-order valence-corrected chi connectivity index (χ1v) is 8.87. The van der Waals surface area contributed by atoms with Crippen molar-refractivity contribution in [3.8, 4) is 17.4 Å². The van der Waals surface area contributed by atoms with E-state index in [0.29, 0.717) is 12.4 Å². The summed E-state index contributed by atoms with van der Waals surface area (Å²) >= 11 is 0. The van der Waals surface area contributed by atoms with Gasteiger partial charge < -0.3 is 24.4 Å². The summed E-state index contributed by atoms with van der Waals surface area (Å²) in [6, 6.07) is 8.02. The van der Waals surface area contributed by atoms with Crippen molar-refractivity contribution in [2.45, 2.75) is 19.5 Å². The topological polar surface area (TPSA) is 68.2 Å². The van der Waals surface area contributed by atoms with Crippen LogP contribution in [0.5, 0.6) is 17.4 Å². The number of guanidine groups is 1. The third-order valence-corrected chi connectivity index (χ3v) is 4.71. The molecule has 0 unspecified atom stereocenters. The van der Waals surface area contributed by atoms with Gasteiger partial charge in [0.2, 0.25) is 5.88 Å². The number of fused-ring (bicyclic) bond motifs is 1. The molecule has 0 atom stereocenters. The maximum atomic E-state index is 5.44. The van der Waals surface area contributed by atoms with Gasteiger partial charge in [-0.3, -0.25) is 4.99 Å². The second kappa shape index (κ2) is 8.62. The summed E-state index contributed by atoms with van der Waals surface area (Å²) in [6.07, 6.45) is 2.65. The molecule has 1 aliphatic heterocycles. The smallest absolute Gasteiger partial charge is 0.218 e. The lowest BCUT2D eigenvalue weighted by molar-refractivity contribution is 0.345. The molecule has 0 radical (unpaired) electrons. The Labute approximate surface area is 160 Å². The monoisotopic (exact) mass is 370 g/mol. The van der Waals surface area contributed by atoms with Gasteiger partial charge in [-0.2, -0.15) is 0 Å². The minimum Gasteiger partial charge on any atom is -0.493 e. The Morgan fingerprint density at radius 1 is 1.15 bits per heavy atom. The van der Waals surface area contributed by atoms with Crippen molar-refractivity contribution < 1.29 is 14.2 Å². The van der Waals surface area contributed by atoms with Gasteiger partial charge in [-0.05, 0) is 35.7 Å². The van der Waals surface area contributed by atoms with E-state index in [2.05, 4.69) is 32.3 Å². The van der Waals surface area contributed by atoms with Crippen LogP contribution in [0.15, 0.2) is 35.5 Å². The first-order chi connectivity index (χ1) is 13.2. The third kappa shape index (κ3) is 4.07. The zero-order valence-corrected chi connectivity index (χ0v) is 16.3. The van der Waals surface area contributed by atoms with Gasteiger partial charge in [-0.25, -0.2) is 4.98 Å². The summed E-state index contributed by atoms with van der Waals surface area (Å²) in [4.78, 5) is 10.9. The van der Waals surface area contributed by atoms with Crippen LogP contribution < -0.4 is 19.5 Å². The second-order valence-corrected chi connectivity index (χ2v) is 6.22. The van der Waals surface area contributed by atoms with Gasteiger partial charge in [0.1, 0.15) is 0 Å². The number of nitrogens with one attached hydrogen (secondary N) is 1. The molecule has 2 aromatic rings. The second-order valence-electron chi connectivity index (χ2n) is 6.22. The van der Waals surface area contributed by atoms with E-state index in [0.717, 1.165) is 42.5 Å². The highest BCUT2D eigenvalue weighted by Gasteiger charge is 2.21. The van der Waals surface area contributed by atoms with Crippen LogP contribution >= 0.6 is 0 Å². The Hall–Kier alpha value is -2.96. The fourth-order valence-electron chi connectivity index (χ4n) is 3.31. The Bertz CT molecular complexity index is 823. The fraction of sp³-hybridized carbons (Fsp3) is 0.400. The molecule has 0 saturated carbocycles. The third-order valence-electron chi connectivity index (χ3n) is 4.71. The van der Waals surface area contributed by atoms with E-state index < -0.39 is 0 Å². The highest BCUT2D eigenvalue weighted by atomic mass is 16.5. The quantitative estimate of drug-likeness (QED) is 0.643. The van der Waals surface area contributed by atoms with Crippen LogP contribution in [0.3, 0.4) is 0 Å². The Morgan fingerprint density at radius 3 is 2.56 bits per heavy atom. The lowest BCUT2D eigenvalue weighted by Crippen LogP contribution is -2.43. The number of benzene rings is 1. The van der Waals surface area contributed by atoms with Gasteiger partial charge in [-0.1, -0.05) is 6.07 Å². The van der Waals surface area contributed by atoms with Crippen LogP contribution in [-0.2, 0) is 19.5 Å². The summed E-state index contributed by atoms with van der Waals surface area (Å²) in [5, 5.41) is 3.41. The Kier molecular flexibility index (Phi) is 6.01. The van der Waals surface area contributed by atoms with E-state index in [1.165, 1.54) is 11.1 Å². The van der Waals surface area contributed by atoms with Crippen LogP contribution in [0.1, 0.15) is 16.7 Å². The summed E-state index contributed by atoms with van der Waals surface area (Å²) in [5.74, 6) is 3.00. The van der Waals surface area contributed by atoms with E-state index in [4.69, 9.17) is 14.2 Å². The lowest BCUT2D eigenvalue weighted by atomic mass is 9.99. The van der Waals surface area contributed by atoms with Gasteiger partial charge in [0.15, 0.2) is 17.5 Å². The van der Waals surface area contributed by atoms with E-state index in [-0.39, 0.29) is 0 Å². The number of nitrogens with zero attached hydrogens (tertiary/aromatic N) is 3. The van der Waals surface area contributed by atoms with Crippen molar-refractivity contribution in [1.82, 2.24) is 15.2 Å². The molecule has 27 heavy (non-hydrogen) atoms. The number of hydrogen-bond acceptors (Lipinski definition) is 5. The van der Waals surface area contributed by atoms with Crippen molar-refractivity contribution in [2.75, 3.05) is 34.9 Å². The average Bonchev–Trinajstić information content (AvgIpc) is 2.73. The molecule has 1 aromatic heterocycles. The Balaban J connectivity index is 1.73. The van der Waals surface area contributed by atoms with Crippen LogP contribution in [0.4, 0.5) is 0 Å². The molecule has 1 aliphatic rings. The summed E-state index contributed by atoms with van der Waals surface area (Å²) in [6.45, 7) is 2.24. The standard InChI is InChI=1S/C20H26N4O3/c1-21-20(23-12-15-6-5-8-22-19(15)27-4)24-9-7-14-10-17(25-2)18(26-3)11-16(14)13-24/h5-6,8,10-11H,7,9,12-13H2,1-4H3,(H,21,23). The largest absolute Gasteiger partial charge is 0.493 e. The SMILES string of the molecule is CN=C(NCc1cccnc1OC)N1CCc2cc(OC)c(OC)cc2C1. The van der Waals surface area contributed by atoms with E-state index >= 15 is 0 Å². The van der Waals surface area contributed by atoms with Crippen LogP contribution in [-0.4, -0.2) is 50.8 Å². The summed E-state index contributed by atoms with van der Waals surface area (Å²) in [5.41, 5.74) is 3.50. The van der Waals surface area contributed by atoms with Crippen LogP contribution in [0.2, 0.25) is 0 Å². The first-order valence-electron chi connectivity index (χ1n) is 8.87. The molecule has 0 spiro atoms. The normalized spacial score (nSPS) is 13.8.